The first kappa shape index (κ1) is 24.6. The van der Waals surface area contributed by atoms with Crippen LogP contribution in [-0.4, -0.2) is 25.3 Å². The van der Waals surface area contributed by atoms with Crippen molar-refractivity contribution in [1.82, 2.24) is 19.2 Å². The molecule has 0 aliphatic carbocycles. The van der Waals surface area contributed by atoms with Crippen LogP contribution in [0.25, 0.3) is 11.5 Å². The van der Waals surface area contributed by atoms with Crippen LogP contribution in [0.5, 0.6) is 0 Å². The largest absolute Gasteiger partial charge is 0.323 e. The molecule has 39 heavy (non-hydrogen) atoms. The van der Waals surface area contributed by atoms with E-state index in [1.54, 1.807) is 4.90 Å². The quantitative estimate of drug-likeness (QED) is 0.277. The van der Waals surface area contributed by atoms with E-state index in [0.29, 0.717) is 0 Å². The number of halogens is 2. The van der Waals surface area contributed by atoms with E-state index in [4.69, 9.17) is 5.10 Å². The fourth-order valence-corrected chi connectivity index (χ4v) is 5.21. The first-order chi connectivity index (χ1) is 18.9. The number of para-hydroxylation sites is 1. The SMILES string of the molecule is CCc1ccc([C@@H]2c3cccn3-c3c(c(C)nn3-c3ccccc3)CN2C(=O)Nc2ccc(F)cc2F)cc1. The number of hydrogen-bond donors (Lipinski definition) is 1. The number of nitrogens with zero attached hydrogens (tertiary/aromatic N) is 4. The van der Waals surface area contributed by atoms with E-state index in [1.165, 1.54) is 11.6 Å². The molecule has 0 bridgehead atoms. The molecule has 0 radical (unpaired) electrons. The average Bonchev–Trinajstić information content (AvgIpc) is 3.51. The van der Waals surface area contributed by atoms with Gasteiger partial charge in [0.1, 0.15) is 17.5 Å². The van der Waals surface area contributed by atoms with Gasteiger partial charge in [-0.25, -0.2) is 18.3 Å². The van der Waals surface area contributed by atoms with Crippen LogP contribution >= 0.6 is 0 Å². The standard InChI is InChI=1S/C31H27F2N5O/c1-3-21-11-13-22(14-12-21)29-28-10-7-17-36(28)30-25(20(2)35-38(30)24-8-5-4-6-9-24)19-37(29)31(39)34-27-16-15-23(32)18-26(27)33/h4-18,29H,3,19H2,1-2H3,(H,34,39)/t29-/m1/s1. The Morgan fingerprint density at radius 3 is 2.49 bits per heavy atom. The van der Waals surface area contributed by atoms with Gasteiger partial charge >= 0.3 is 6.03 Å². The van der Waals surface area contributed by atoms with Crippen molar-refractivity contribution in [2.45, 2.75) is 32.9 Å². The third-order valence-corrected chi connectivity index (χ3v) is 7.22. The molecule has 1 aliphatic rings. The summed E-state index contributed by atoms with van der Waals surface area (Å²) in [5.74, 6) is -0.697. The highest BCUT2D eigenvalue weighted by atomic mass is 19.1. The fourth-order valence-electron chi connectivity index (χ4n) is 5.21. The van der Waals surface area contributed by atoms with Crippen molar-refractivity contribution < 1.29 is 13.6 Å². The number of hydrogen-bond acceptors (Lipinski definition) is 2. The number of benzene rings is 3. The van der Waals surface area contributed by atoms with Crippen molar-refractivity contribution in [3.63, 3.8) is 0 Å². The van der Waals surface area contributed by atoms with Gasteiger partial charge < -0.3 is 14.8 Å². The van der Waals surface area contributed by atoms with E-state index in [1.807, 2.05) is 72.4 Å². The number of urea groups is 1. The molecule has 0 fully saturated rings. The summed E-state index contributed by atoms with van der Waals surface area (Å²) >= 11 is 0. The molecule has 3 aromatic carbocycles. The molecule has 1 aliphatic heterocycles. The Hall–Kier alpha value is -4.72. The smallest absolute Gasteiger partial charge is 0.307 e. The van der Waals surface area contributed by atoms with E-state index in [0.717, 1.165) is 52.6 Å². The monoisotopic (exact) mass is 523 g/mol. The van der Waals surface area contributed by atoms with Gasteiger partial charge in [0.15, 0.2) is 0 Å². The lowest BCUT2D eigenvalue weighted by atomic mass is 9.99. The summed E-state index contributed by atoms with van der Waals surface area (Å²) in [6.07, 6.45) is 2.87. The predicted molar refractivity (Wildman–Crippen MR) is 146 cm³/mol. The Morgan fingerprint density at radius 1 is 1.00 bits per heavy atom. The maximum absolute atomic E-state index is 14.6. The zero-order valence-corrected chi connectivity index (χ0v) is 21.6. The van der Waals surface area contributed by atoms with Gasteiger partial charge in [-0.05, 0) is 60.9 Å². The normalized spacial score (nSPS) is 14.5. The van der Waals surface area contributed by atoms with Crippen LogP contribution < -0.4 is 5.32 Å². The molecule has 3 heterocycles. The van der Waals surface area contributed by atoms with Gasteiger partial charge in [-0.2, -0.15) is 5.10 Å². The number of fused-ring (bicyclic) bond motifs is 3. The first-order valence-corrected chi connectivity index (χ1v) is 12.9. The van der Waals surface area contributed by atoms with Crippen molar-refractivity contribution in [1.29, 1.82) is 0 Å². The molecule has 5 aromatic rings. The summed E-state index contributed by atoms with van der Waals surface area (Å²) in [7, 11) is 0. The van der Waals surface area contributed by atoms with Crippen LogP contribution in [0.2, 0.25) is 0 Å². The summed E-state index contributed by atoms with van der Waals surface area (Å²) in [4.78, 5) is 15.6. The van der Waals surface area contributed by atoms with Gasteiger partial charge in [0, 0.05) is 17.8 Å². The first-order valence-electron chi connectivity index (χ1n) is 12.9. The Balaban J connectivity index is 1.52. The van der Waals surface area contributed by atoms with Crippen molar-refractivity contribution in [2.24, 2.45) is 0 Å². The molecule has 0 saturated carbocycles. The maximum Gasteiger partial charge on any atom is 0.323 e. The number of anilines is 1. The lowest BCUT2D eigenvalue weighted by Crippen LogP contribution is -2.38. The molecule has 0 saturated heterocycles. The van der Waals surface area contributed by atoms with Gasteiger partial charge in [0.25, 0.3) is 0 Å². The molecular formula is C31H27F2N5O. The highest BCUT2D eigenvalue weighted by Gasteiger charge is 2.36. The number of carbonyl (C=O) groups is 1. The van der Waals surface area contributed by atoms with Gasteiger partial charge in [0.2, 0.25) is 0 Å². The number of nitrogens with one attached hydrogen (secondary N) is 1. The zero-order chi connectivity index (χ0) is 27.1. The molecule has 6 rings (SSSR count). The Labute approximate surface area is 225 Å². The summed E-state index contributed by atoms with van der Waals surface area (Å²) in [5, 5.41) is 7.52. The number of aryl methyl sites for hydroxylation is 2. The van der Waals surface area contributed by atoms with Crippen molar-refractivity contribution in [3.8, 4) is 11.5 Å². The lowest BCUT2D eigenvalue weighted by Gasteiger charge is -2.31. The second-order valence-corrected chi connectivity index (χ2v) is 9.62. The van der Waals surface area contributed by atoms with Gasteiger partial charge in [0.05, 0.1) is 35.3 Å². The molecule has 6 nitrogen and oxygen atoms in total. The van der Waals surface area contributed by atoms with Crippen LogP contribution in [0.4, 0.5) is 19.3 Å². The molecule has 0 spiro atoms. The molecule has 1 N–H and O–H groups in total. The average molecular weight is 524 g/mol. The molecule has 2 amide bonds. The highest BCUT2D eigenvalue weighted by Crippen LogP contribution is 2.39. The van der Waals surface area contributed by atoms with Crippen molar-refractivity contribution >= 4 is 11.7 Å². The van der Waals surface area contributed by atoms with Crippen LogP contribution in [0.1, 0.15) is 41.0 Å². The zero-order valence-electron chi connectivity index (χ0n) is 21.6. The minimum Gasteiger partial charge on any atom is -0.307 e. The molecule has 1 atom stereocenters. The number of amides is 2. The van der Waals surface area contributed by atoms with E-state index in [2.05, 4.69) is 28.9 Å². The van der Waals surface area contributed by atoms with E-state index >= 15 is 0 Å². The van der Waals surface area contributed by atoms with Crippen LogP contribution in [0, 0.1) is 18.6 Å². The minimum atomic E-state index is -0.834. The second kappa shape index (κ2) is 9.87. The summed E-state index contributed by atoms with van der Waals surface area (Å²) in [6.45, 7) is 4.25. The number of carbonyl (C=O) groups excluding carboxylic acids is 1. The Morgan fingerprint density at radius 2 is 1.77 bits per heavy atom. The summed E-state index contributed by atoms with van der Waals surface area (Å²) < 4.78 is 32.1. The van der Waals surface area contributed by atoms with E-state index < -0.39 is 23.7 Å². The van der Waals surface area contributed by atoms with Gasteiger partial charge in [-0.3, -0.25) is 0 Å². The van der Waals surface area contributed by atoms with Crippen molar-refractivity contribution in [2.75, 3.05) is 5.32 Å². The number of aromatic nitrogens is 3. The van der Waals surface area contributed by atoms with Gasteiger partial charge in [-0.1, -0.05) is 49.4 Å². The Bertz CT molecular complexity index is 1660. The second-order valence-electron chi connectivity index (χ2n) is 9.62. The summed E-state index contributed by atoms with van der Waals surface area (Å²) in [5.41, 5.74) is 5.44. The fraction of sp³-hybridized carbons (Fsp3) is 0.161. The maximum atomic E-state index is 14.6. The predicted octanol–water partition coefficient (Wildman–Crippen LogP) is 6.95. The third kappa shape index (κ3) is 4.37. The molecule has 2 aromatic heterocycles. The highest BCUT2D eigenvalue weighted by molar-refractivity contribution is 5.90. The topological polar surface area (TPSA) is 55.1 Å². The molecule has 196 valence electrons. The minimum absolute atomic E-state index is 0.0852. The molecule has 0 unspecified atom stereocenters. The molecule has 8 heteroatoms. The van der Waals surface area contributed by atoms with E-state index in [-0.39, 0.29) is 12.2 Å². The summed E-state index contributed by atoms with van der Waals surface area (Å²) in [6, 6.07) is 24.1. The number of rotatable bonds is 4. The Kier molecular flexibility index (Phi) is 6.23. The van der Waals surface area contributed by atoms with Gasteiger partial charge in [-0.15, -0.1) is 0 Å². The lowest BCUT2D eigenvalue weighted by molar-refractivity contribution is 0.194. The molecular weight excluding hydrogens is 496 g/mol. The van der Waals surface area contributed by atoms with Crippen LogP contribution in [-0.2, 0) is 13.0 Å². The third-order valence-electron chi connectivity index (χ3n) is 7.22. The van der Waals surface area contributed by atoms with E-state index in [9.17, 15) is 13.6 Å². The van der Waals surface area contributed by atoms with Crippen LogP contribution in [0.15, 0.2) is 91.1 Å². The van der Waals surface area contributed by atoms with Crippen molar-refractivity contribution in [3.05, 3.63) is 131 Å². The van der Waals surface area contributed by atoms with Crippen LogP contribution in [0.3, 0.4) is 0 Å².